The van der Waals surface area contributed by atoms with Crippen LogP contribution >= 0.6 is 0 Å². The second-order valence-corrected chi connectivity index (χ2v) is 13.1. The minimum atomic E-state index is -0.000337. The average Bonchev–Trinajstić information content (AvgIpc) is 3.33. The van der Waals surface area contributed by atoms with Gasteiger partial charge >= 0.3 is 0 Å². The summed E-state index contributed by atoms with van der Waals surface area (Å²) >= 11 is 0. The third kappa shape index (κ3) is 4.02. The van der Waals surface area contributed by atoms with Gasteiger partial charge in [-0.15, -0.1) is 0 Å². The molecule has 0 fully saturated rings. The average molecular weight is 579 g/mol. The van der Waals surface area contributed by atoms with Crippen molar-refractivity contribution in [2.45, 2.75) is 25.3 Å². The van der Waals surface area contributed by atoms with Crippen molar-refractivity contribution in [3.05, 3.63) is 172 Å². The molecule has 0 saturated heterocycles. The van der Waals surface area contributed by atoms with Crippen LogP contribution in [0.25, 0.3) is 50.4 Å². The summed E-state index contributed by atoms with van der Waals surface area (Å²) in [7, 11) is 0. The van der Waals surface area contributed by atoms with E-state index in [1.807, 2.05) is 0 Å². The van der Waals surface area contributed by atoms with E-state index in [2.05, 4.69) is 164 Å². The van der Waals surface area contributed by atoms with Gasteiger partial charge in [-0.05, 0) is 102 Å². The van der Waals surface area contributed by atoms with Crippen LogP contribution < -0.4 is 21.1 Å². The number of hydrogen-bond acceptors (Lipinski definition) is 2. The summed E-state index contributed by atoms with van der Waals surface area (Å²) in [4.78, 5) is 0. The molecule has 0 radical (unpaired) electrons. The Morgan fingerprint density at radius 2 is 1.27 bits per heavy atom. The minimum absolute atomic E-state index is 0.000337. The van der Waals surface area contributed by atoms with Crippen molar-refractivity contribution in [2.75, 3.05) is 6.54 Å². The molecule has 2 heterocycles. The van der Waals surface area contributed by atoms with Gasteiger partial charge in [0, 0.05) is 22.9 Å². The van der Waals surface area contributed by atoms with Crippen LogP contribution in [0.3, 0.4) is 0 Å². The molecule has 2 aliphatic heterocycles. The normalized spacial score (nSPS) is 17.2. The number of benzene rings is 6. The van der Waals surface area contributed by atoms with Gasteiger partial charge in [-0.2, -0.15) is 0 Å². The lowest BCUT2D eigenvalue weighted by Crippen LogP contribution is -2.44. The Hall–Kier alpha value is -5.34. The molecule has 0 bridgehead atoms. The molecule has 2 N–H and O–H groups in total. The predicted molar refractivity (Wildman–Crippen MR) is 188 cm³/mol. The lowest BCUT2D eigenvalue weighted by molar-refractivity contribution is 0.660. The molecule has 2 heteroatoms. The minimum Gasteiger partial charge on any atom is -0.382 e. The highest BCUT2D eigenvalue weighted by Gasteiger charge is 2.35. The van der Waals surface area contributed by atoms with E-state index in [1.165, 1.54) is 82.6 Å². The molecule has 0 aromatic heterocycles. The fourth-order valence-corrected chi connectivity index (χ4v) is 7.86. The first kappa shape index (κ1) is 26.1. The Morgan fingerprint density at radius 1 is 0.600 bits per heavy atom. The van der Waals surface area contributed by atoms with Crippen molar-refractivity contribution >= 4 is 28.1 Å². The molecule has 0 spiro atoms. The van der Waals surface area contributed by atoms with Gasteiger partial charge in [0.05, 0.1) is 6.04 Å². The largest absolute Gasteiger partial charge is 0.382 e. The van der Waals surface area contributed by atoms with E-state index in [-0.39, 0.29) is 11.5 Å². The zero-order chi connectivity index (χ0) is 30.1. The lowest BCUT2D eigenvalue weighted by Gasteiger charge is -2.30. The van der Waals surface area contributed by atoms with Crippen molar-refractivity contribution in [3.8, 4) is 22.3 Å². The van der Waals surface area contributed by atoms with Crippen molar-refractivity contribution in [2.24, 2.45) is 0 Å². The highest BCUT2D eigenvalue weighted by molar-refractivity contribution is 5.91. The van der Waals surface area contributed by atoms with Crippen LogP contribution in [-0.2, 0) is 5.41 Å². The molecule has 1 atom stereocenters. The molecule has 6 aromatic rings. The molecule has 1 unspecified atom stereocenters. The molecule has 2 nitrogen and oxygen atoms in total. The van der Waals surface area contributed by atoms with Crippen LogP contribution in [0.15, 0.2) is 134 Å². The van der Waals surface area contributed by atoms with Crippen LogP contribution in [0, 0.1) is 0 Å². The second-order valence-electron chi connectivity index (χ2n) is 13.1. The lowest BCUT2D eigenvalue weighted by atomic mass is 9.81. The summed E-state index contributed by atoms with van der Waals surface area (Å²) in [6, 6.07) is 47.3. The predicted octanol–water partition coefficient (Wildman–Crippen LogP) is 8.04. The first-order valence-electron chi connectivity index (χ1n) is 15.9. The van der Waals surface area contributed by atoms with E-state index >= 15 is 0 Å². The van der Waals surface area contributed by atoms with Gasteiger partial charge in [-0.25, -0.2) is 0 Å². The summed E-state index contributed by atoms with van der Waals surface area (Å²) in [5, 5.41) is 12.5. The fourth-order valence-electron chi connectivity index (χ4n) is 7.86. The van der Waals surface area contributed by atoms with Crippen molar-refractivity contribution in [1.82, 2.24) is 10.6 Å². The second kappa shape index (κ2) is 9.84. The van der Waals surface area contributed by atoms with Gasteiger partial charge in [0.2, 0.25) is 0 Å². The van der Waals surface area contributed by atoms with Crippen molar-refractivity contribution in [3.63, 3.8) is 0 Å². The van der Waals surface area contributed by atoms with Crippen molar-refractivity contribution in [1.29, 1.82) is 0 Å². The van der Waals surface area contributed by atoms with Crippen LogP contribution in [0.4, 0.5) is 0 Å². The Morgan fingerprint density at radius 3 is 2.16 bits per heavy atom. The summed E-state index contributed by atoms with van der Waals surface area (Å²) in [5.41, 5.74) is 14.5. The van der Waals surface area contributed by atoms with Crippen LogP contribution in [0.1, 0.15) is 47.7 Å². The molecule has 45 heavy (non-hydrogen) atoms. The number of fused-ring (bicyclic) bond motifs is 6. The third-order valence-electron chi connectivity index (χ3n) is 10.2. The van der Waals surface area contributed by atoms with Gasteiger partial charge < -0.3 is 10.6 Å². The Balaban J connectivity index is 1.11. The first-order valence-corrected chi connectivity index (χ1v) is 15.9. The summed E-state index contributed by atoms with van der Waals surface area (Å²) in [5.74, 6) is 0. The van der Waals surface area contributed by atoms with Crippen LogP contribution in [0.5, 0.6) is 0 Å². The van der Waals surface area contributed by atoms with Gasteiger partial charge in [0.25, 0.3) is 0 Å². The number of hydrogen-bond donors (Lipinski definition) is 2. The molecule has 0 amide bonds. The highest BCUT2D eigenvalue weighted by atomic mass is 15.0. The fraction of sp³-hybridized carbons (Fsp3) is 0.116. The summed E-state index contributed by atoms with van der Waals surface area (Å²) in [6.45, 7) is 5.48. The van der Waals surface area contributed by atoms with Gasteiger partial charge in [0.1, 0.15) is 0 Å². The molecular formula is C43H34N2. The van der Waals surface area contributed by atoms with Gasteiger partial charge in [-0.1, -0.05) is 123 Å². The van der Waals surface area contributed by atoms with Crippen molar-refractivity contribution < 1.29 is 0 Å². The van der Waals surface area contributed by atoms with Crippen LogP contribution in [-0.4, -0.2) is 6.54 Å². The monoisotopic (exact) mass is 578 g/mol. The Labute approximate surface area is 264 Å². The molecule has 1 aliphatic carbocycles. The smallest absolute Gasteiger partial charge is 0.0922 e. The van der Waals surface area contributed by atoms with Gasteiger partial charge in [-0.3, -0.25) is 0 Å². The number of nitrogens with one attached hydrogen (secondary N) is 2. The van der Waals surface area contributed by atoms with E-state index in [0.29, 0.717) is 0 Å². The molecule has 216 valence electrons. The summed E-state index contributed by atoms with van der Waals surface area (Å²) in [6.07, 6.45) is 4.23. The van der Waals surface area contributed by atoms with Gasteiger partial charge in [0.15, 0.2) is 0 Å². The third-order valence-corrected chi connectivity index (χ3v) is 10.2. The summed E-state index contributed by atoms with van der Waals surface area (Å²) < 4.78 is 0. The zero-order valence-corrected chi connectivity index (χ0v) is 25.6. The van der Waals surface area contributed by atoms with E-state index in [0.717, 1.165) is 6.54 Å². The molecule has 9 rings (SSSR count). The molecule has 0 saturated carbocycles. The molecule has 3 aliphatic rings. The quantitative estimate of drug-likeness (QED) is 0.222. The van der Waals surface area contributed by atoms with E-state index in [4.69, 9.17) is 0 Å². The first-order chi connectivity index (χ1) is 22.1. The van der Waals surface area contributed by atoms with E-state index < -0.39 is 0 Å². The SMILES string of the molecule is CC1(C)c2ccccc2-c2ccc(-c3ccc4cc(C5=c6ccccc6=C(C6NC=Cc7ccccc76)NC5)ccc4c3)cc21. The number of rotatable bonds is 3. The van der Waals surface area contributed by atoms with E-state index in [9.17, 15) is 0 Å². The zero-order valence-electron chi connectivity index (χ0n) is 25.6. The maximum Gasteiger partial charge on any atom is 0.0922 e. The maximum atomic E-state index is 3.83. The highest BCUT2D eigenvalue weighted by Crippen LogP contribution is 2.49. The Bertz CT molecular complexity index is 2340. The standard InChI is InChI=1S/C43H34N2/c1-43(2)39-14-8-7-12-35(39)36-20-19-31(25-40(36)43)29-15-16-30-24-32(18-17-28(30)23-29)38-26-45-42(37-13-6-5-11-34(37)38)41-33-10-4-3-9-27(33)21-22-44-41/h3-25,41,44-45H,26H2,1-2H3. The van der Waals surface area contributed by atoms with E-state index in [1.54, 1.807) is 0 Å². The molecule has 6 aromatic carbocycles. The van der Waals surface area contributed by atoms with Crippen LogP contribution in [0.2, 0.25) is 0 Å². The Kier molecular flexibility index (Phi) is 5.70. The maximum absolute atomic E-state index is 3.83. The topological polar surface area (TPSA) is 24.1 Å². The molecular weight excluding hydrogens is 544 g/mol.